The van der Waals surface area contributed by atoms with Gasteiger partial charge in [0, 0.05) is 18.6 Å². The van der Waals surface area contributed by atoms with Gasteiger partial charge in [-0.25, -0.2) is 0 Å². The summed E-state index contributed by atoms with van der Waals surface area (Å²) >= 11 is 5.47. The number of morpholine rings is 1. The number of nitrogens with one attached hydrogen (secondary N) is 1. The summed E-state index contributed by atoms with van der Waals surface area (Å²) in [6.07, 6.45) is 1.09. The third-order valence-electron chi connectivity index (χ3n) is 2.72. The molecule has 1 aliphatic rings. The van der Waals surface area contributed by atoms with Crippen LogP contribution < -0.4 is 5.32 Å². The lowest BCUT2D eigenvalue weighted by molar-refractivity contribution is 0.0665. The standard InChI is InChI=1S/C13H26N2OS/c1-12(2,3)10-13(4,5)14-11(17)15-6-8-16-9-7-15/h6-10H2,1-5H3,(H,14,17). The highest BCUT2D eigenvalue weighted by atomic mass is 32.1. The van der Waals surface area contributed by atoms with Crippen molar-refractivity contribution in [1.29, 1.82) is 0 Å². The van der Waals surface area contributed by atoms with Crippen LogP contribution in [-0.4, -0.2) is 41.9 Å². The van der Waals surface area contributed by atoms with Crippen molar-refractivity contribution in [3.8, 4) is 0 Å². The molecular weight excluding hydrogens is 232 g/mol. The van der Waals surface area contributed by atoms with Gasteiger partial charge in [-0.05, 0) is 37.9 Å². The summed E-state index contributed by atoms with van der Waals surface area (Å²) in [5, 5.41) is 4.35. The molecular formula is C13H26N2OS. The molecule has 1 rings (SSSR count). The van der Waals surface area contributed by atoms with E-state index in [9.17, 15) is 0 Å². The lowest BCUT2D eigenvalue weighted by Gasteiger charge is -2.38. The van der Waals surface area contributed by atoms with Gasteiger partial charge in [0.1, 0.15) is 0 Å². The molecule has 1 saturated heterocycles. The molecule has 0 aliphatic carbocycles. The van der Waals surface area contributed by atoms with Crippen LogP contribution in [0, 0.1) is 5.41 Å². The maximum absolute atomic E-state index is 5.47. The molecule has 0 unspecified atom stereocenters. The van der Waals surface area contributed by atoms with Crippen LogP contribution in [0.3, 0.4) is 0 Å². The number of rotatable bonds is 2. The molecule has 0 atom stereocenters. The van der Waals surface area contributed by atoms with E-state index in [-0.39, 0.29) is 5.54 Å². The number of hydrogen-bond donors (Lipinski definition) is 1. The first kappa shape index (κ1) is 14.7. The van der Waals surface area contributed by atoms with E-state index >= 15 is 0 Å². The number of ether oxygens (including phenoxy) is 1. The van der Waals surface area contributed by atoms with Gasteiger partial charge >= 0.3 is 0 Å². The van der Waals surface area contributed by atoms with Gasteiger partial charge in [0.05, 0.1) is 13.2 Å². The lowest BCUT2D eigenvalue weighted by atomic mass is 9.82. The summed E-state index contributed by atoms with van der Waals surface area (Å²) in [6, 6.07) is 0. The highest BCUT2D eigenvalue weighted by molar-refractivity contribution is 7.80. The van der Waals surface area contributed by atoms with Crippen molar-refractivity contribution in [3.05, 3.63) is 0 Å². The van der Waals surface area contributed by atoms with Crippen molar-refractivity contribution in [3.63, 3.8) is 0 Å². The van der Waals surface area contributed by atoms with Crippen molar-refractivity contribution in [1.82, 2.24) is 10.2 Å². The Kier molecular flexibility index (Phi) is 4.78. The Bertz CT molecular complexity index is 265. The summed E-state index contributed by atoms with van der Waals surface area (Å²) < 4.78 is 5.33. The van der Waals surface area contributed by atoms with Gasteiger partial charge in [-0.2, -0.15) is 0 Å². The van der Waals surface area contributed by atoms with E-state index in [1.807, 2.05) is 0 Å². The smallest absolute Gasteiger partial charge is 0.169 e. The van der Waals surface area contributed by atoms with Crippen LogP contribution in [0.1, 0.15) is 41.0 Å². The van der Waals surface area contributed by atoms with Gasteiger partial charge in [0.15, 0.2) is 5.11 Å². The Hall–Kier alpha value is -0.350. The Morgan fingerprint density at radius 3 is 2.18 bits per heavy atom. The van der Waals surface area contributed by atoms with E-state index < -0.39 is 0 Å². The van der Waals surface area contributed by atoms with Crippen LogP contribution in [0.2, 0.25) is 0 Å². The molecule has 0 aromatic carbocycles. The quantitative estimate of drug-likeness (QED) is 0.769. The zero-order valence-electron chi connectivity index (χ0n) is 11.8. The average Bonchev–Trinajstić information content (AvgIpc) is 2.14. The zero-order valence-corrected chi connectivity index (χ0v) is 12.6. The molecule has 0 radical (unpaired) electrons. The van der Waals surface area contributed by atoms with E-state index in [0.717, 1.165) is 37.8 Å². The minimum atomic E-state index is 0.0354. The molecule has 0 aromatic heterocycles. The van der Waals surface area contributed by atoms with E-state index in [4.69, 9.17) is 17.0 Å². The first-order chi connectivity index (χ1) is 7.70. The second-order valence-electron chi connectivity index (χ2n) is 6.65. The number of thiocarbonyl (C=S) groups is 1. The molecule has 1 fully saturated rings. The molecule has 0 bridgehead atoms. The van der Waals surface area contributed by atoms with Crippen molar-refractivity contribution in [2.45, 2.75) is 46.6 Å². The molecule has 1 aliphatic heterocycles. The monoisotopic (exact) mass is 258 g/mol. The van der Waals surface area contributed by atoms with Gasteiger partial charge in [-0.1, -0.05) is 20.8 Å². The van der Waals surface area contributed by atoms with Gasteiger partial charge in [-0.15, -0.1) is 0 Å². The molecule has 0 spiro atoms. The second-order valence-corrected chi connectivity index (χ2v) is 7.04. The van der Waals surface area contributed by atoms with E-state index in [1.165, 1.54) is 0 Å². The summed E-state index contributed by atoms with van der Waals surface area (Å²) in [6.45, 7) is 14.6. The van der Waals surface area contributed by atoms with Crippen molar-refractivity contribution in [2.24, 2.45) is 5.41 Å². The van der Waals surface area contributed by atoms with Crippen molar-refractivity contribution in [2.75, 3.05) is 26.3 Å². The molecule has 4 heteroatoms. The number of nitrogens with zero attached hydrogens (tertiary/aromatic N) is 1. The highest BCUT2D eigenvalue weighted by Crippen LogP contribution is 2.26. The molecule has 1 heterocycles. The van der Waals surface area contributed by atoms with Gasteiger partial charge in [0.25, 0.3) is 0 Å². The molecule has 0 saturated carbocycles. The molecule has 3 nitrogen and oxygen atoms in total. The summed E-state index contributed by atoms with van der Waals surface area (Å²) in [4.78, 5) is 2.20. The number of hydrogen-bond acceptors (Lipinski definition) is 2. The summed E-state index contributed by atoms with van der Waals surface area (Å²) in [5.41, 5.74) is 0.338. The Labute approximate surface area is 111 Å². The van der Waals surface area contributed by atoms with Crippen LogP contribution >= 0.6 is 12.2 Å². The minimum Gasteiger partial charge on any atom is -0.378 e. The lowest BCUT2D eigenvalue weighted by Crippen LogP contribution is -2.53. The topological polar surface area (TPSA) is 24.5 Å². The van der Waals surface area contributed by atoms with Crippen LogP contribution in [0.4, 0.5) is 0 Å². The average molecular weight is 258 g/mol. The van der Waals surface area contributed by atoms with Gasteiger partial charge < -0.3 is 15.0 Å². The fourth-order valence-electron chi connectivity index (χ4n) is 2.50. The first-order valence-electron chi connectivity index (χ1n) is 6.34. The Balaban J connectivity index is 2.48. The van der Waals surface area contributed by atoms with Crippen LogP contribution in [0.5, 0.6) is 0 Å². The minimum absolute atomic E-state index is 0.0354. The predicted octanol–water partition coefficient (Wildman–Crippen LogP) is 2.41. The van der Waals surface area contributed by atoms with Crippen LogP contribution in [-0.2, 0) is 4.74 Å². The summed E-state index contributed by atoms with van der Waals surface area (Å²) in [7, 11) is 0. The maximum atomic E-state index is 5.47. The van der Waals surface area contributed by atoms with E-state index in [0.29, 0.717) is 5.41 Å². The van der Waals surface area contributed by atoms with Crippen molar-refractivity contribution < 1.29 is 4.74 Å². The molecule has 0 aromatic rings. The molecule has 100 valence electrons. The summed E-state index contributed by atoms with van der Waals surface area (Å²) in [5.74, 6) is 0. The second kappa shape index (κ2) is 5.53. The predicted molar refractivity (Wildman–Crippen MR) is 76.3 cm³/mol. The molecule has 17 heavy (non-hydrogen) atoms. The van der Waals surface area contributed by atoms with Gasteiger partial charge in [-0.3, -0.25) is 0 Å². The maximum Gasteiger partial charge on any atom is 0.169 e. The SMILES string of the molecule is CC(C)(C)CC(C)(C)NC(=S)N1CCOCC1. The van der Waals surface area contributed by atoms with Crippen LogP contribution in [0.25, 0.3) is 0 Å². The molecule has 0 amide bonds. The first-order valence-corrected chi connectivity index (χ1v) is 6.75. The Morgan fingerprint density at radius 1 is 1.18 bits per heavy atom. The zero-order chi connectivity index (χ0) is 13.1. The Morgan fingerprint density at radius 2 is 1.71 bits per heavy atom. The highest BCUT2D eigenvalue weighted by Gasteiger charge is 2.27. The third kappa shape index (κ3) is 5.68. The van der Waals surface area contributed by atoms with Gasteiger partial charge in [0.2, 0.25) is 0 Å². The third-order valence-corrected chi connectivity index (χ3v) is 3.08. The van der Waals surface area contributed by atoms with Crippen LogP contribution in [0.15, 0.2) is 0 Å². The normalized spacial score (nSPS) is 18.1. The van der Waals surface area contributed by atoms with Crippen molar-refractivity contribution >= 4 is 17.3 Å². The fraction of sp³-hybridized carbons (Fsp3) is 0.923. The molecule has 1 N–H and O–H groups in total. The largest absolute Gasteiger partial charge is 0.378 e. The fourth-order valence-corrected chi connectivity index (χ4v) is 2.96. The van der Waals surface area contributed by atoms with E-state index in [2.05, 4.69) is 44.8 Å². The van der Waals surface area contributed by atoms with E-state index in [1.54, 1.807) is 0 Å².